The highest BCUT2D eigenvalue weighted by molar-refractivity contribution is 7.22. The molecule has 0 spiro atoms. The molecule has 5 aromatic carbocycles. The molecule has 184 valence electrons. The van der Waals surface area contributed by atoms with Gasteiger partial charge in [0.15, 0.2) is 17.5 Å². The minimum absolute atomic E-state index is 0.666. The van der Waals surface area contributed by atoms with Gasteiger partial charge < -0.3 is 0 Å². The fourth-order valence-corrected chi connectivity index (χ4v) is 5.72. The smallest absolute Gasteiger partial charge is 0.174 e. The molecule has 2 aromatic heterocycles. The Morgan fingerprint density at radius 2 is 0.769 bits per heavy atom. The van der Waals surface area contributed by atoms with Crippen molar-refractivity contribution in [2.24, 2.45) is 0 Å². The van der Waals surface area contributed by atoms with E-state index in [4.69, 9.17) is 15.0 Å². The molecule has 0 aliphatic carbocycles. The highest BCUT2D eigenvalue weighted by atomic mass is 32.1. The Morgan fingerprint density at radius 1 is 0.359 bits per heavy atom. The summed E-state index contributed by atoms with van der Waals surface area (Å²) in [6, 6.07) is 48.2. The summed E-state index contributed by atoms with van der Waals surface area (Å²) in [5.41, 5.74) is 6.61. The first-order valence-electron chi connectivity index (χ1n) is 12.9. The summed E-state index contributed by atoms with van der Waals surface area (Å²) in [5.74, 6) is 2.02. The molecule has 7 aromatic rings. The van der Waals surface area contributed by atoms with Crippen molar-refractivity contribution >= 4 is 21.4 Å². The Bertz CT molecular complexity index is 1740. The molecule has 0 unspecified atom stereocenters. The molecule has 0 N–H and O–H groups in total. The van der Waals surface area contributed by atoms with Crippen LogP contribution in [0.5, 0.6) is 0 Å². The Balaban J connectivity index is 1.32. The number of rotatable bonds is 5. The maximum atomic E-state index is 4.95. The van der Waals surface area contributed by atoms with Crippen LogP contribution in [0, 0.1) is 0 Å². The normalized spacial score (nSPS) is 11.1. The first kappa shape index (κ1) is 23.2. The van der Waals surface area contributed by atoms with E-state index in [0.717, 1.165) is 27.1 Å². The van der Waals surface area contributed by atoms with Crippen molar-refractivity contribution in [3.63, 3.8) is 0 Å². The number of hydrogen-bond acceptors (Lipinski definition) is 4. The molecule has 3 nitrogen and oxygen atoms in total. The number of hydrogen-bond donors (Lipinski definition) is 0. The monoisotopic (exact) mass is 517 g/mol. The summed E-state index contributed by atoms with van der Waals surface area (Å²) < 4.78 is 1.22. The van der Waals surface area contributed by atoms with Crippen LogP contribution in [-0.2, 0) is 0 Å². The van der Waals surface area contributed by atoms with Gasteiger partial charge in [-0.1, -0.05) is 127 Å². The second kappa shape index (κ2) is 10.1. The summed E-state index contributed by atoms with van der Waals surface area (Å²) in [6.45, 7) is 0. The lowest BCUT2D eigenvalue weighted by Gasteiger charge is -2.09. The zero-order valence-corrected chi connectivity index (χ0v) is 21.8. The minimum Gasteiger partial charge on any atom is -0.208 e. The first-order chi connectivity index (χ1) is 19.3. The van der Waals surface area contributed by atoms with Crippen LogP contribution >= 0.6 is 11.3 Å². The molecule has 0 radical (unpaired) electrons. The molecule has 0 saturated carbocycles. The number of fused-ring (bicyclic) bond motifs is 1. The Kier molecular flexibility index (Phi) is 6.00. The van der Waals surface area contributed by atoms with Gasteiger partial charge in [-0.05, 0) is 39.8 Å². The fraction of sp³-hybridized carbons (Fsp3) is 0. The van der Waals surface area contributed by atoms with Crippen LogP contribution < -0.4 is 0 Å². The number of aromatic nitrogens is 3. The van der Waals surface area contributed by atoms with Crippen LogP contribution in [0.3, 0.4) is 0 Å². The van der Waals surface area contributed by atoms with Gasteiger partial charge in [0, 0.05) is 15.8 Å². The second-order valence-electron chi connectivity index (χ2n) is 9.34. The molecule has 7 rings (SSSR count). The van der Waals surface area contributed by atoms with E-state index >= 15 is 0 Å². The Labute approximate surface area is 231 Å². The molecule has 0 aliphatic rings. The van der Waals surface area contributed by atoms with Gasteiger partial charge in [-0.25, -0.2) is 15.0 Å². The largest absolute Gasteiger partial charge is 0.208 e. The van der Waals surface area contributed by atoms with E-state index in [1.165, 1.54) is 21.2 Å². The summed E-state index contributed by atoms with van der Waals surface area (Å²) >= 11 is 1.70. The summed E-state index contributed by atoms with van der Waals surface area (Å²) in [7, 11) is 0. The van der Waals surface area contributed by atoms with Crippen LogP contribution in [0.2, 0.25) is 0 Å². The fourth-order valence-electron chi connectivity index (χ4n) is 4.72. The zero-order valence-electron chi connectivity index (χ0n) is 21.0. The molecule has 2 heterocycles. The van der Waals surface area contributed by atoms with Gasteiger partial charge in [0.2, 0.25) is 0 Å². The lowest BCUT2D eigenvalue weighted by atomic mass is 10.0. The van der Waals surface area contributed by atoms with Gasteiger partial charge in [0.25, 0.3) is 0 Å². The molecule has 4 heteroatoms. The molecule has 39 heavy (non-hydrogen) atoms. The second-order valence-corrected chi connectivity index (χ2v) is 10.4. The Morgan fingerprint density at radius 3 is 1.28 bits per heavy atom. The van der Waals surface area contributed by atoms with Crippen molar-refractivity contribution in [1.82, 2.24) is 15.0 Å². The summed E-state index contributed by atoms with van der Waals surface area (Å²) in [5, 5.41) is 1.19. The molecular weight excluding hydrogens is 494 g/mol. The average Bonchev–Trinajstić information content (AvgIpc) is 3.47. The highest BCUT2D eigenvalue weighted by Gasteiger charge is 2.15. The van der Waals surface area contributed by atoms with Crippen molar-refractivity contribution in [2.45, 2.75) is 0 Å². The lowest BCUT2D eigenvalue weighted by Crippen LogP contribution is -1.99. The number of benzene rings is 5. The number of nitrogens with zero attached hydrogens (tertiary/aromatic N) is 3. The van der Waals surface area contributed by atoms with Crippen LogP contribution in [-0.4, -0.2) is 15.0 Å². The first-order valence-corrected chi connectivity index (χ1v) is 13.7. The molecular formula is C35H23N3S. The van der Waals surface area contributed by atoms with E-state index in [1.54, 1.807) is 11.3 Å². The van der Waals surface area contributed by atoms with Gasteiger partial charge in [-0.15, -0.1) is 11.3 Å². The van der Waals surface area contributed by atoms with Crippen molar-refractivity contribution in [2.75, 3.05) is 0 Å². The van der Waals surface area contributed by atoms with E-state index in [1.807, 2.05) is 12.1 Å². The predicted octanol–water partition coefficient (Wildman–Crippen LogP) is 9.42. The third-order valence-electron chi connectivity index (χ3n) is 6.78. The van der Waals surface area contributed by atoms with Crippen LogP contribution in [0.25, 0.3) is 65.8 Å². The lowest BCUT2D eigenvalue weighted by molar-refractivity contribution is 1.08. The highest BCUT2D eigenvalue weighted by Crippen LogP contribution is 2.34. The van der Waals surface area contributed by atoms with Gasteiger partial charge >= 0.3 is 0 Å². The van der Waals surface area contributed by atoms with Crippen LogP contribution in [0.15, 0.2) is 140 Å². The van der Waals surface area contributed by atoms with E-state index in [0.29, 0.717) is 17.5 Å². The van der Waals surface area contributed by atoms with E-state index in [2.05, 4.69) is 127 Å². The third kappa shape index (κ3) is 4.74. The van der Waals surface area contributed by atoms with Gasteiger partial charge in [-0.3, -0.25) is 0 Å². The van der Waals surface area contributed by atoms with Crippen molar-refractivity contribution in [3.8, 4) is 55.7 Å². The molecule has 0 aliphatic heterocycles. The summed E-state index contributed by atoms with van der Waals surface area (Å²) in [6.07, 6.45) is 0. The van der Waals surface area contributed by atoms with Gasteiger partial charge in [0.1, 0.15) is 0 Å². The molecule has 0 bridgehead atoms. The topological polar surface area (TPSA) is 38.7 Å². The van der Waals surface area contributed by atoms with Crippen LogP contribution in [0.1, 0.15) is 0 Å². The molecule has 0 atom stereocenters. The van der Waals surface area contributed by atoms with E-state index < -0.39 is 0 Å². The van der Waals surface area contributed by atoms with Crippen molar-refractivity contribution in [3.05, 3.63) is 140 Å². The molecule has 0 amide bonds. The molecule has 0 fully saturated rings. The quantitative estimate of drug-likeness (QED) is 0.228. The maximum absolute atomic E-state index is 4.95. The third-order valence-corrected chi connectivity index (χ3v) is 7.89. The average molecular weight is 518 g/mol. The van der Waals surface area contributed by atoms with Gasteiger partial charge in [0.05, 0.1) is 4.88 Å². The van der Waals surface area contributed by atoms with Gasteiger partial charge in [-0.2, -0.15) is 0 Å². The maximum Gasteiger partial charge on any atom is 0.174 e. The zero-order chi connectivity index (χ0) is 26.0. The molecule has 0 saturated heterocycles. The Hall–Kier alpha value is -4.93. The van der Waals surface area contributed by atoms with Crippen molar-refractivity contribution < 1.29 is 0 Å². The van der Waals surface area contributed by atoms with Crippen LogP contribution in [0.4, 0.5) is 0 Å². The SMILES string of the molecule is c1ccc(-c2ccc(-c3nc(-c4ccc(-c5ccccc5)cc4)nc(-c4cc5ccccc5s4)n3)cc2)cc1. The van der Waals surface area contributed by atoms with E-state index in [9.17, 15) is 0 Å². The standard InChI is InChI=1S/C35H23N3S/c1-3-9-24(10-4-1)26-15-19-28(20-16-26)33-36-34(29-21-17-27(18-22-29)25-11-5-2-6-12-25)38-35(37-33)32-23-30-13-7-8-14-31(30)39-32/h1-23H. The van der Waals surface area contributed by atoms with Crippen molar-refractivity contribution in [1.29, 1.82) is 0 Å². The minimum atomic E-state index is 0.666. The van der Waals surface area contributed by atoms with E-state index in [-0.39, 0.29) is 0 Å². The number of thiophene rings is 1. The summed E-state index contributed by atoms with van der Waals surface area (Å²) in [4.78, 5) is 15.9. The predicted molar refractivity (Wildman–Crippen MR) is 162 cm³/mol.